The molecule has 0 radical (unpaired) electrons. The molecule has 0 atom stereocenters. The number of alkyl halides is 2. The van der Waals surface area contributed by atoms with Gasteiger partial charge in [-0.2, -0.15) is 0 Å². The number of nitro benzene ring substituents is 1. The van der Waals surface area contributed by atoms with Crippen molar-refractivity contribution >= 4 is 34.6 Å². The minimum Gasteiger partial charge on any atom is -0.377 e. The second kappa shape index (κ2) is 5.64. The molecule has 0 fully saturated rings. The Labute approximate surface area is 111 Å². The molecule has 0 heterocycles. The summed E-state index contributed by atoms with van der Waals surface area (Å²) in [5.74, 6) is -3.12. The highest BCUT2D eigenvalue weighted by atomic mass is 35.5. The van der Waals surface area contributed by atoms with E-state index in [0.29, 0.717) is 0 Å². The lowest BCUT2D eigenvalue weighted by Gasteiger charge is -2.16. The number of halogens is 4. The van der Waals surface area contributed by atoms with E-state index >= 15 is 0 Å². The zero-order chi connectivity index (χ0) is 13.9. The minimum absolute atomic E-state index is 0.0112. The maximum Gasteiger partial charge on any atom is 0.276 e. The third-order valence-electron chi connectivity index (χ3n) is 2.06. The summed E-state index contributed by atoms with van der Waals surface area (Å²) in [5, 5.41) is 12.6. The molecule has 0 saturated heterocycles. The van der Waals surface area contributed by atoms with E-state index in [2.05, 4.69) is 5.32 Å². The van der Waals surface area contributed by atoms with Crippen LogP contribution in [-0.4, -0.2) is 23.9 Å². The maximum atomic E-state index is 12.9. The second-order valence-corrected chi connectivity index (χ2v) is 4.27. The van der Waals surface area contributed by atoms with Crippen LogP contribution in [0, 0.1) is 10.1 Å². The first-order valence-electron chi connectivity index (χ1n) is 4.72. The molecule has 1 rings (SSSR count). The molecule has 5 nitrogen and oxygen atoms in total. The molecule has 0 aliphatic rings. The van der Waals surface area contributed by atoms with Crippen LogP contribution in [0.2, 0.25) is 10.0 Å². The van der Waals surface area contributed by atoms with E-state index < -0.39 is 23.9 Å². The summed E-state index contributed by atoms with van der Waals surface area (Å²) < 4.78 is 25.9. The van der Waals surface area contributed by atoms with Gasteiger partial charge in [-0.05, 0) is 0 Å². The van der Waals surface area contributed by atoms with Gasteiger partial charge >= 0.3 is 0 Å². The van der Waals surface area contributed by atoms with Crippen molar-refractivity contribution in [3.63, 3.8) is 0 Å². The molecule has 9 heteroatoms. The van der Waals surface area contributed by atoms with Gasteiger partial charge in [0.15, 0.2) is 0 Å². The van der Waals surface area contributed by atoms with Crippen LogP contribution in [-0.2, 0) is 0 Å². The predicted molar refractivity (Wildman–Crippen MR) is 65.6 cm³/mol. The van der Waals surface area contributed by atoms with E-state index in [1.54, 1.807) is 0 Å². The number of hydrogen-bond acceptors (Lipinski definition) is 4. The SMILES string of the molecule is NCC(F)(F)CNc1c(Cl)cc([N+](=O)[O-])cc1Cl. The molecule has 0 aliphatic heterocycles. The largest absolute Gasteiger partial charge is 0.377 e. The van der Waals surface area contributed by atoms with Crippen LogP contribution in [0.1, 0.15) is 0 Å². The first kappa shape index (κ1) is 14.9. The number of hydrogen-bond donors (Lipinski definition) is 2. The Morgan fingerprint density at radius 3 is 2.28 bits per heavy atom. The fourth-order valence-corrected chi connectivity index (χ4v) is 1.73. The molecular weight excluding hydrogens is 291 g/mol. The lowest BCUT2D eigenvalue weighted by molar-refractivity contribution is -0.384. The highest BCUT2D eigenvalue weighted by Gasteiger charge is 2.27. The smallest absolute Gasteiger partial charge is 0.276 e. The predicted octanol–water partition coefficient (Wildman–Crippen LogP) is 2.91. The molecule has 0 spiro atoms. The Hall–Kier alpha value is -1.18. The lowest BCUT2D eigenvalue weighted by atomic mass is 10.2. The zero-order valence-corrected chi connectivity index (χ0v) is 10.4. The minimum atomic E-state index is -3.12. The molecule has 0 amide bonds. The monoisotopic (exact) mass is 299 g/mol. The molecular formula is C9H9Cl2F2N3O2. The van der Waals surface area contributed by atoms with Gasteiger partial charge in [-0.3, -0.25) is 10.1 Å². The van der Waals surface area contributed by atoms with Gasteiger partial charge in [-0.1, -0.05) is 23.2 Å². The summed E-state index contributed by atoms with van der Waals surface area (Å²) in [7, 11) is 0. The Balaban J connectivity index is 2.94. The summed E-state index contributed by atoms with van der Waals surface area (Å²) in [6.07, 6.45) is 0. The van der Waals surface area contributed by atoms with Gasteiger partial charge in [0.05, 0.1) is 33.7 Å². The Kier molecular flexibility index (Phi) is 4.66. The average Bonchev–Trinajstić information content (AvgIpc) is 2.27. The number of rotatable bonds is 5. The molecule has 0 aromatic heterocycles. The van der Waals surface area contributed by atoms with E-state index in [1.165, 1.54) is 0 Å². The number of nitrogens with one attached hydrogen (secondary N) is 1. The van der Waals surface area contributed by atoms with Gasteiger partial charge in [0.25, 0.3) is 11.6 Å². The van der Waals surface area contributed by atoms with Crippen LogP contribution in [0.3, 0.4) is 0 Å². The van der Waals surface area contributed by atoms with Gasteiger partial charge in [0.1, 0.15) is 0 Å². The van der Waals surface area contributed by atoms with Crippen LogP contribution >= 0.6 is 23.2 Å². The molecule has 1 aromatic carbocycles. The number of nitro groups is 1. The summed E-state index contributed by atoms with van der Waals surface area (Å²) in [4.78, 5) is 9.83. The van der Waals surface area contributed by atoms with Gasteiger partial charge in [0, 0.05) is 12.1 Å². The van der Waals surface area contributed by atoms with Crippen molar-refractivity contribution < 1.29 is 13.7 Å². The number of nitrogens with two attached hydrogens (primary N) is 1. The first-order valence-corrected chi connectivity index (χ1v) is 5.47. The normalized spacial score (nSPS) is 11.4. The van der Waals surface area contributed by atoms with E-state index in [4.69, 9.17) is 28.9 Å². The second-order valence-electron chi connectivity index (χ2n) is 3.46. The van der Waals surface area contributed by atoms with Gasteiger partial charge in [0.2, 0.25) is 0 Å². The van der Waals surface area contributed by atoms with Gasteiger partial charge < -0.3 is 11.1 Å². The number of anilines is 1. The van der Waals surface area contributed by atoms with Crippen LogP contribution in [0.5, 0.6) is 0 Å². The van der Waals surface area contributed by atoms with Crippen LogP contribution in [0.25, 0.3) is 0 Å². The van der Waals surface area contributed by atoms with Crippen molar-refractivity contribution in [3.05, 3.63) is 32.3 Å². The van der Waals surface area contributed by atoms with E-state index in [9.17, 15) is 18.9 Å². The molecule has 100 valence electrons. The summed E-state index contributed by atoms with van der Waals surface area (Å²) >= 11 is 11.4. The van der Waals surface area contributed by atoms with Crippen molar-refractivity contribution in [1.82, 2.24) is 0 Å². The molecule has 0 aliphatic carbocycles. The topological polar surface area (TPSA) is 81.2 Å². The molecule has 3 N–H and O–H groups in total. The number of non-ortho nitro benzene ring substituents is 1. The third-order valence-corrected chi connectivity index (χ3v) is 2.66. The highest BCUT2D eigenvalue weighted by molar-refractivity contribution is 6.39. The van der Waals surface area contributed by atoms with Gasteiger partial charge in [-0.25, -0.2) is 8.78 Å². The van der Waals surface area contributed by atoms with Crippen molar-refractivity contribution in [2.24, 2.45) is 5.73 Å². The number of nitrogens with zero attached hydrogens (tertiary/aromatic N) is 1. The van der Waals surface area contributed by atoms with Crippen LogP contribution in [0.4, 0.5) is 20.2 Å². The summed E-state index contributed by atoms with van der Waals surface area (Å²) in [6, 6.07) is 2.05. The van der Waals surface area contributed by atoms with Gasteiger partial charge in [-0.15, -0.1) is 0 Å². The van der Waals surface area contributed by atoms with Crippen molar-refractivity contribution in [2.45, 2.75) is 5.92 Å². The lowest BCUT2D eigenvalue weighted by Crippen LogP contribution is -2.35. The molecule has 0 unspecified atom stereocenters. The Morgan fingerprint density at radius 1 is 1.39 bits per heavy atom. The fourth-order valence-electron chi connectivity index (χ4n) is 1.12. The van der Waals surface area contributed by atoms with Crippen molar-refractivity contribution in [3.8, 4) is 0 Å². The van der Waals surface area contributed by atoms with Crippen molar-refractivity contribution in [1.29, 1.82) is 0 Å². The zero-order valence-electron chi connectivity index (χ0n) is 8.92. The van der Waals surface area contributed by atoms with E-state index in [1.807, 2.05) is 0 Å². The number of benzene rings is 1. The summed E-state index contributed by atoms with van der Waals surface area (Å²) in [6.45, 7) is -1.59. The summed E-state index contributed by atoms with van der Waals surface area (Å²) in [5.41, 5.74) is 4.56. The van der Waals surface area contributed by atoms with Crippen LogP contribution in [0.15, 0.2) is 12.1 Å². The standard InChI is InChI=1S/C9H9Cl2F2N3O2/c10-6-1-5(16(17)18)2-7(11)8(6)15-4-9(12,13)3-14/h1-2,15H,3-4,14H2. The molecule has 0 bridgehead atoms. The maximum absolute atomic E-state index is 12.9. The van der Waals surface area contributed by atoms with E-state index in [-0.39, 0.29) is 21.4 Å². The highest BCUT2D eigenvalue weighted by Crippen LogP contribution is 2.35. The Morgan fingerprint density at radius 2 is 1.89 bits per heavy atom. The van der Waals surface area contributed by atoms with Crippen LogP contribution < -0.4 is 11.1 Å². The molecule has 18 heavy (non-hydrogen) atoms. The fraction of sp³-hybridized carbons (Fsp3) is 0.333. The Bertz CT molecular complexity index is 448. The van der Waals surface area contributed by atoms with Crippen molar-refractivity contribution in [2.75, 3.05) is 18.4 Å². The quantitative estimate of drug-likeness (QED) is 0.647. The third kappa shape index (κ3) is 3.66. The average molecular weight is 300 g/mol. The molecule has 0 saturated carbocycles. The molecule has 1 aromatic rings. The first-order chi connectivity index (χ1) is 8.26. The van der Waals surface area contributed by atoms with E-state index in [0.717, 1.165) is 12.1 Å².